The summed E-state index contributed by atoms with van der Waals surface area (Å²) in [6.07, 6.45) is 2.59. The van der Waals surface area contributed by atoms with Gasteiger partial charge in [0.25, 0.3) is 0 Å². The highest BCUT2D eigenvalue weighted by Crippen LogP contribution is 2.41. The van der Waals surface area contributed by atoms with Crippen molar-refractivity contribution in [2.45, 2.75) is 18.8 Å². The minimum Gasteiger partial charge on any atom is -0.369 e. The molecule has 0 amide bonds. The van der Waals surface area contributed by atoms with Gasteiger partial charge in [-0.05, 0) is 79.9 Å². The molecule has 4 aromatic rings. The smallest absolute Gasteiger partial charge is 0.229 e. The maximum Gasteiger partial charge on any atom is 0.229 e. The minimum atomic E-state index is 0.590. The number of rotatable bonds is 6. The summed E-state index contributed by atoms with van der Waals surface area (Å²) in [4.78, 5) is 14.4. The third-order valence-corrected chi connectivity index (χ3v) is 6.79. The first-order chi connectivity index (χ1) is 17.7. The van der Waals surface area contributed by atoms with E-state index in [1.54, 1.807) is 0 Å². The van der Waals surface area contributed by atoms with Gasteiger partial charge in [0, 0.05) is 48.6 Å². The van der Waals surface area contributed by atoms with Crippen molar-refractivity contribution in [1.82, 2.24) is 14.9 Å². The number of nitrogens with zero attached hydrogens (tertiary/aromatic N) is 4. The standard InChI is InChI=1S/C28H30N6.H3NS/c1-33-15-17-34(18-16-33)24-13-11-22(12-14-24)30-28-31-26-8-3-2-7-25(26)27(32-28)29-23-6-4-5-21(19-23)20-9-10-20;1-2/h2-8,11-14,19-20H,9-10,15-18H2,1H3,(H2,29,30,31,32);2H,1H2. The van der Waals surface area contributed by atoms with Gasteiger partial charge in [0.05, 0.1) is 5.52 Å². The number of benzene rings is 3. The molecular weight excluding hydrogens is 466 g/mol. The van der Waals surface area contributed by atoms with Crippen molar-refractivity contribution in [3.8, 4) is 0 Å². The summed E-state index contributed by atoms with van der Waals surface area (Å²) in [5, 5.41) is 12.2. The molecule has 8 heteroatoms. The van der Waals surface area contributed by atoms with Gasteiger partial charge in [-0.3, -0.25) is 5.14 Å². The van der Waals surface area contributed by atoms with Gasteiger partial charge < -0.3 is 20.4 Å². The first-order valence-electron chi connectivity index (χ1n) is 12.4. The van der Waals surface area contributed by atoms with E-state index in [1.807, 2.05) is 18.2 Å². The Labute approximate surface area is 218 Å². The fraction of sp³-hybridized carbons (Fsp3) is 0.286. The molecule has 0 atom stereocenters. The van der Waals surface area contributed by atoms with E-state index in [-0.39, 0.29) is 0 Å². The Bertz CT molecular complexity index is 1300. The lowest BCUT2D eigenvalue weighted by Gasteiger charge is -2.34. The van der Waals surface area contributed by atoms with Crippen LogP contribution in [0.1, 0.15) is 24.3 Å². The summed E-state index contributed by atoms with van der Waals surface area (Å²) in [6.45, 7) is 4.33. The van der Waals surface area contributed by atoms with Gasteiger partial charge in [0.1, 0.15) is 5.82 Å². The average Bonchev–Trinajstić information content (AvgIpc) is 3.77. The van der Waals surface area contributed by atoms with E-state index in [0.717, 1.165) is 60.2 Å². The van der Waals surface area contributed by atoms with E-state index in [2.05, 4.69) is 100 Å². The molecule has 7 nitrogen and oxygen atoms in total. The molecule has 0 radical (unpaired) electrons. The highest BCUT2D eigenvalue weighted by molar-refractivity contribution is 7.77. The number of piperazine rings is 1. The maximum atomic E-state index is 4.85. The fourth-order valence-corrected chi connectivity index (χ4v) is 4.60. The molecule has 2 fully saturated rings. The number of hydrogen-bond acceptors (Lipinski definition) is 8. The molecule has 0 unspecified atom stereocenters. The monoisotopic (exact) mass is 499 g/mol. The van der Waals surface area contributed by atoms with Crippen LogP contribution >= 0.6 is 12.8 Å². The Morgan fingerprint density at radius 2 is 1.56 bits per heavy atom. The van der Waals surface area contributed by atoms with E-state index in [9.17, 15) is 0 Å². The van der Waals surface area contributed by atoms with Crippen molar-refractivity contribution in [3.63, 3.8) is 0 Å². The van der Waals surface area contributed by atoms with Crippen molar-refractivity contribution in [3.05, 3.63) is 78.4 Å². The van der Waals surface area contributed by atoms with Crippen LogP contribution in [-0.2, 0) is 0 Å². The molecule has 36 heavy (non-hydrogen) atoms. The number of nitrogens with one attached hydrogen (secondary N) is 2. The first-order valence-corrected chi connectivity index (χ1v) is 12.9. The second kappa shape index (κ2) is 11.2. The van der Waals surface area contributed by atoms with Crippen LogP contribution in [0.3, 0.4) is 0 Å². The Kier molecular flexibility index (Phi) is 7.55. The van der Waals surface area contributed by atoms with Crippen LogP contribution in [0, 0.1) is 0 Å². The lowest BCUT2D eigenvalue weighted by molar-refractivity contribution is 0.313. The van der Waals surface area contributed by atoms with Crippen LogP contribution in [0.4, 0.5) is 28.8 Å². The molecule has 1 saturated carbocycles. The Morgan fingerprint density at radius 3 is 2.31 bits per heavy atom. The third kappa shape index (κ3) is 5.73. The van der Waals surface area contributed by atoms with Crippen molar-refractivity contribution in [2.24, 2.45) is 5.14 Å². The zero-order valence-electron chi connectivity index (χ0n) is 20.6. The Morgan fingerprint density at radius 1 is 0.806 bits per heavy atom. The summed E-state index contributed by atoms with van der Waals surface area (Å²) in [7, 11) is 2.18. The number of likely N-dealkylation sites (N-methyl/N-ethyl adjacent to an activating group) is 1. The predicted octanol–water partition coefficient (Wildman–Crippen LogP) is 5.54. The normalized spacial score (nSPS) is 15.8. The van der Waals surface area contributed by atoms with E-state index in [1.165, 1.54) is 24.1 Å². The van der Waals surface area contributed by atoms with Crippen molar-refractivity contribution >= 4 is 52.5 Å². The summed E-state index contributed by atoms with van der Waals surface area (Å²) < 4.78 is 0. The molecule has 186 valence electrons. The summed E-state index contributed by atoms with van der Waals surface area (Å²) in [5.41, 5.74) is 5.62. The highest BCUT2D eigenvalue weighted by atomic mass is 32.1. The van der Waals surface area contributed by atoms with Crippen LogP contribution in [0.25, 0.3) is 10.9 Å². The molecule has 1 saturated heterocycles. The third-order valence-electron chi connectivity index (χ3n) is 6.79. The molecule has 1 aliphatic carbocycles. The van der Waals surface area contributed by atoms with E-state index < -0.39 is 0 Å². The maximum absolute atomic E-state index is 4.85. The zero-order chi connectivity index (χ0) is 24.9. The summed E-state index contributed by atoms with van der Waals surface area (Å²) >= 11 is 3.03. The van der Waals surface area contributed by atoms with Gasteiger partial charge in [-0.25, -0.2) is 4.98 Å². The molecule has 1 aromatic heterocycles. The molecule has 2 aliphatic rings. The number of hydrogen-bond donors (Lipinski definition) is 4. The van der Waals surface area contributed by atoms with E-state index >= 15 is 0 Å². The first kappa shape index (κ1) is 24.4. The Hall–Kier alpha value is -3.33. The van der Waals surface area contributed by atoms with Crippen LogP contribution in [0.15, 0.2) is 72.8 Å². The van der Waals surface area contributed by atoms with Crippen LogP contribution in [-0.4, -0.2) is 48.1 Å². The molecule has 0 bridgehead atoms. The van der Waals surface area contributed by atoms with Gasteiger partial charge >= 0.3 is 0 Å². The van der Waals surface area contributed by atoms with Gasteiger partial charge in [0.15, 0.2) is 0 Å². The number of aromatic nitrogens is 2. The lowest BCUT2D eigenvalue weighted by Crippen LogP contribution is -2.44. The number of thiol groups is 1. The molecule has 4 N–H and O–H groups in total. The fourth-order valence-electron chi connectivity index (χ4n) is 4.60. The van der Waals surface area contributed by atoms with Gasteiger partial charge in [-0.2, -0.15) is 4.98 Å². The quantitative estimate of drug-likeness (QED) is 0.260. The Balaban J connectivity index is 0.00000130. The lowest BCUT2D eigenvalue weighted by atomic mass is 10.1. The predicted molar refractivity (Wildman–Crippen MR) is 154 cm³/mol. The SMILES string of the molecule is CN1CCN(c2ccc(Nc3nc(Nc4cccc(C5CC5)c4)c4ccccc4n3)cc2)CC1.NS. The van der Waals surface area contributed by atoms with Crippen molar-refractivity contribution < 1.29 is 0 Å². The van der Waals surface area contributed by atoms with Gasteiger partial charge in [-0.15, -0.1) is 12.8 Å². The molecule has 3 aromatic carbocycles. The molecule has 2 heterocycles. The van der Waals surface area contributed by atoms with Crippen LogP contribution < -0.4 is 20.7 Å². The number of para-hydroxylation sites is 1. The largest absolute Gasteiger partial charge is 0.369 e. The van der Waals surface area contributed by atoms with E-state index in [0.29, 0.717) is 5.95 Å². The molecule has 1 aliphatic heterocycles. The second-order valence-corrected chi connectivity index (χ2v) is 9.40. The molecular formula is C28H33N7S. The van der Waals surface area contributed by atoms with Gasteiger partial charge in [-0.1, -0.05) is 24.3 Å². The zero-order valence-corrected chi connectivity index (χ0v) is 21.5. The van der Waals surface area contributed by atoms with Crippen LogP contribution in [0.5, 0.6) is 0 Å². The number of fused-ring (bicyclic) bond motifs is 1. The average molecular weight is 500 g/mol. The number of anilines is 5. The minimum absolute atomic E-state index is 0.590. The van der Waals surface area contributed by atoms with Crippen molar-refractivity contribution in [2.75, 3.05) is 48.8 Å². The van der Waals surface area contributed by atoms with Gasteiger partial charge in [0.2, 0.25) is 5.95 Å². The summed E-state index contributed by atoms with van der Waals surface area (Å²) in [5.74, 6) is 2.12. The van der Waals surface area contributed by atoms with Crippen molar-refractivity contribution in [1.29, 1.82) is 0 Å². The van der Waals surface area contributed by atoms with E-state index in [4.69, 9.17) is 9.97 Å². The molecule has 0 spiro atoms. The number of nitrogens with two attached hydrogens (primary N) is 1. The topological polar surface area (TPSA) is 82.3 Å². The van der Waals surface area contributed by atoms with Crippen LogP contribution in [0.2, 0.25) is 0 Å². The molecule has 6 rings (SSSR count). The second-order valence-electron chi connectivity index (χ2n) is 9.40. The highest BCUT2D eigenvalue weighted by Gasteiger charge is 2.23. The summed E-state index contributed by atoms with van der Waals surface area (Å²) in [6, 6.07) is 25.4.